The summed E-state index contributed by atoms with van der Waals surface area (Å²) < 4.78 is 41.6. The van der Waals surface area contributed by atoms with Gasteiger partial charge in [-0.2, -0.15) is 16.1 Å². The van der Waals surface area contributed by atoms with E-state index in [0.717, 1.165) is 0 Å². The van der Waals surface area contributed by atoms with Gasteiger partial charge < -0.3 is 9.88 Å². The molecule has 0 aliphatic rings. The van der Waals surface area contributed by atoms with Gasteiger partial charge in [-0.15, -0.1) is 0 Å². The second kappa shape index (κ2) is 10.1. The maximum atomic E-state index is 13.6. The normalized spacial score (nSPS) is 11.8. The van der Waals surface area contributed by atoms with Crippen LogP contribution in [-0.4, -0.2) is 48.6 Å². The van der Waals surface area contributed by atoms with Gasteiger partial charge in [0.1, 0.15) is 16.4 Å². The Morgan fingerprint density at radius 3 is 2.57 bits per heavy atom. The Labute approximate surface area is 170 Å². The first kappa shape index (κ1) is 22.4. The lowest BCUT2D eigenvalue weighted by atomic mass is 10.2. The number of hydrogen-bond acceptors (Lipinski definition) is 4. The summed E-state index contributed by atoms with van der Waals surface area (Å²) in [6, 6.07) is 8.01. The maximum absolute atomic E-state index is 13.6. The van der Waals surface area contributed by atoms with Crippen molar-refractivity contribution < 1.29 is 17.6 Å². The molecule has 1 heterocycles. The fourth-order valence-electron chi connectivity index (χ4n) is 2.74. The van der Waals surface area contributed by atoms with E-state index in [1.165, 1.54) is 39.0 Å². The third-order valence-corrected chi connectivity index (χ3v) is 7.33. The summed E-state index contributed by atoms with van der Waals surface area (Å²) in [6.07, 6.45) is 1.45. The maximum Gasteiger partial charge on any atom is 0.267 e. The van der Waals surface area contributed by atoms with Crippen molar-refractivity contribution in [2.24, 2.45) is 7.05 Å². The first-order chi connectivity index (χ1) is 13.3. The minimum Gasteiger partial charge on any atom is -0.350 e. The van der Waals surface area contributed by atoms with Crippen LogP contribution in [0.2, 0.25) is 0 Å². The van der Waals surface area contributed by atoms with Gasteiger partial charge in [0.2, 0.25) is 10.0 Å². The Morgan fingerprint density at radius 1 is 1.25 bits per heavy atom. The second-order valence-corrected chi connectivity index (χ2v) is 9.20. The zero-order valence-electron chi connectivity index (χ0n) is 16.3. The molecular weight excluding hydrogens is 401 g/mol. The van der Waals surface area contributed by atoms with Crippen LogP contribution >= 0.6 is 11.8 Å². The molecule has 154 valence electrons. The number of amides is 1. The summed E-state index contributed by atoms with van der Waals surface area (Å²) in [5, 5.41) is 2.78. The van der Waals surface area contributed by atoms with E-state index in [0.29, 0.717) is 36.7 Å². The van der Waals surface area contributed by atoms with E-state index in [1.54, 1.807) is 39.1 Å². The van der Waals surface area contributed by atoms with Crippen LogP contribution < -0.4 is 5.32 Å². The molecular formula is C19H26FN3O3S2. The molecule has 0 atom stereocenters. The molecule has 1 aromatic heterocycles. The molecule has 0 aliphatic carbocycles. The summed E-state index contributed by atoms with van der Waals surface area (Å²) in [5.41, 5.74) is 0.914. The van der Waals surface area contributed by atoms with Crippen LogP contribution in [0, 0.1) is 5.82 Å². The van der Waals surface area contributed by atoms with Crippen LogP contribution in [0.15, 0.2) is 41.4 Å². The fourth-order valence-corrected chi connectivity index (χ4v) is 5.11. The van der Waals surface area contributed by atoms with E-state index in [1.807, 2.05) is 0 Å². The number of halogens is 1. The number of rotatable bonds is 10. The Bertz CT molecular complexity index is 909. The van der Waals surface area contributed by atoms with Crippen LogP contribution in [0.3, 0.4) is 0 Å². The van der Waals surface area contributed by atoms with E-state index in [9.17, 15) is 17.6 Å². The summed E-state index contributed by atoms with van der Waals surface area (Å²) >= 11 is 1.52. The lowest BCUT2D eigenvalue weighted by molar-refractivity contribution is 0.0948. The molecule has 0 saturated heterocycles. The molecule has 0 fully saturated rings. The molecule has 0 radical (unpaired) electrons. The number of nitrogens with zero attached hydrogens (tertiary/aromatic N) is 2. The summed E-state index contributed by atoms with van der Waals surface area (Å²) in [6.45, 7) is 4.69. The summed E-state index contributed by atoms with van der Waals surface area (Å²) in [7, 11) is -1.97. The number of carbonyl (C=O) groups excluding carboxylic acids is 1. The lowest BCUT2D eigenvalue weighted by Crippen LogP contribution is -2.30. The van der Waals surface area contributed by atoms with Crippen LogP contribution in [-0.2, 0) is 22.8 Å². The minimum absolute atomic E-state index is 0.109. The van der Waals surface area contributed by atoms with Crippen LogP contribution in [0.4, 0.5) is 4.39 Å². The molecule has 1 N–H and O–H groups in total. The highest BCUT2D eigenvalue weighted by Gasteiger charge is 2.25. The van der Waals surface area contributed by atoms with E-state index in [2.05, 4.69) is 5.32 Å². The fraction of sp³-hybridized carbons (Fsp3) is 0.421. The molecule has 0 spiro atoms. The van der Waals surface area contributed by atoms with Gasteiger partial charge in [-0.1, -0.05) is 32.0 Å². The van der Waals surface area contributed by atoms with Gasteiger partial charge in [-0.05, 0) is 17.7 Å². The van der Waals surface area contributed by atoms with Crippen LogP contribution in [0.1, 0.15) is 29.9 Å². The molecule has 0 saturated carbocycles. The quantitative estimate of drug-likeness (QED) is 0.592. The zero-order chi connectivity index (χ0) is 20.7. The largest absolute Gasteiger partial charge is 0.350 e. The number of aryl methyl sites for hydroxylation is 1. The highest BCUT2D eigenvalue weighted by Crippen LogP contribution is 2.19. The highest BCUT2D eigenvalue weighted by atomic mass is 32.2. The first-order valence-electron chi connectivity index (χ1n) is 9.07. The molecule has 0 unspecified atom stereocenters. The van der Waals surface area contributed by atoms with E-state index >= 15 is 0 Å². The minimum atomic E-state index is -3.61. The molecule has 2 aromatic rings. The van der Waals surface area contributed by atoms with Crippen molar-refractivity contribution in [2.75, 3.05) is 25.4 Å². The Morgan fingerprint density at radius 2 is 1.93 bits per heavy atom. The zero-order valence-corrected chi connectivity index (χ0v) is 17.9. The predicted molar refractivity (Wildman–Crippen MR) is 110 cm³/mol. The number of benzene rings is 1. The van der Waals surface area contributed by atoms with Crippen molar-refractivity contribution in [1.29, 1.82) is 0 Å². The van der Waals surface area contributed by atoms with Gasteiger partial charge in [-0.25, -0.2) is 12.8 Å². The van der Waals surface area contributed by atoms with Crippen LogP contribution in [0.5, 0.6) is 0 Å². The highest BCUT2D eigenvalue weighted by molar-refractivity contribution is 7.98. The van der Waals surface area contributed by atoms with Crippen molar-refractivity contribution in [3.63, 3.8) is 0 Å². The molecule has 2 rings (SSSR count). The average molecular weight is 428 g/mol. The number of thioether (sulfide) groups is 1. The smallest absolute Gasteiger partial charge is 0.267 e. The molecule has 1 amide bonds. The third kappa shape index (κ3) is 5.36. The number of aromatic nitrogens is 1. The number of sulfonamides is 1. The summed E-state index contributed by atoms with van der Waals surface area (Å²) in [4.78, 5) is 12.5. The average Bonchev–Trinajstić information content (AvgIpc) is 3.06. The Hall–Kier alpha value is -1.84. The van der Waals surface area contributed by atoms with Crippen molar-refractivity contribution in [2.45, 2.75) is 24.5 Å². The van der Waals surface area contributed by atoms with Gasteiger partial charge in [0, 0.05) is 44.4 Å². The topological polar surface area (TPSA) is 71.4 Å². The standard InChI is InChI=1S/C19H26FN3O3S2/c1-4-23(5-2)28(25,26)16-12-18(22(3)13-16)19(24)21-10-11-27-14-15-8-6-7-9-17(15)20/h6-9,12-13H,4-5,10-11,14H2,1-3H3,(H,21,24). The predicted octanol–water partition coefficient (Wildman–Crippen LogP) is 2.86. The molecule has 1 aromatic carbocycles. The van der Waals surface area contributed by atoms with Crippen molar-refractivity contribution in [1.82, 2.24) is 14.2 Å². The molecule has 9 heteroatoms. The number of carbonyl (C=O) groups is 1. The SMILES string of the molecule is CCN(CC)S(=O)(=O)c1cc(C(=O)NCCSCc2ccccc2F)n(C)c1. The first-order valence-corrected chi connectivity index (χ1v) is 11.7. The Balaban J connectivity index is 1.91. The molecule has 0 bridgehead atoms. The van der Waals surface area contributed by atoms with Gasteiger partial charge in [0.05, 0.1) is 0 Å². The number of nitrogens with one attached hydrogen (secondary N) is 1. The van der Waals surface area contributed by atoms with E-state index < -0.39 is 10.0 Å². The Kier molecular flexibility index (Phi) is 8.09. The molecule has 28 heavy (non-hydrogen) atoms. The van der Waals surface area contributed by atoms with Crippen molar-refractivity contribution in [3.05, 3.63) is 53.6 Å². The number of hydrogen-bond donors (Lipinski definition) is 1. The van der Waals surface area contributed by atoms with Gasteiger partial charge in [0.25, 0.3) is 5.91 Å². The third-order valence-electron chi connectivity index (χ3n) is 4.30. The van der Waals surface area contributed by atoms with Crippen molar-refractivity contribution in [3.8, 4) is 0 Å². The van der Waals surface area contributed by atoms with Gasteiger partial charge in [-0.3, -0.25) is 4.79 Å². The van der Waals surface area contributed by atoms with E-state index in [-0.39, 0.29) is 22.3 Å². The van der Waals surface area contributed by atoms with Gasteiger partial charge in [0.15, 0.2) is 0 Å². The van der Waals surface area contributed by atoms with Crippen molar-refractivity contribution >= 4 is 27.7 Å². The monoisotopic (exact) mass is 427 g/mol. The summed E-state index contributed by atoms with van der Waals surface area (Å²) in [5.74, 6) is 0.577. The van der Waals surface area contributed by atoms with Crippen LogP contribution in [0.25, 0.3) is 0 Å². The second-order valence-electron chi connectivity index (χ2n) is 6.16. The van der Waals surface area contributed by atoms with Gasteiger partial charge >= 0.3 is 0 Å². The molecule has 6 nitrogen and oxygen atoms in total. The molecule has 0 aliphatic heterocycles. The lowest BCUT2D eigenvalue weighted by Gasteiger charge is -2.17. The van der Waals surface area contributed by atoms with E-state index in [4.69, 9.17) is 0 Å².